The molecule has 0 radical (unpaired) electrons. The number of thiazole rings is 1. The van der Waals surface area contributed by atoms with Crippen LogP contribution in [0.3, 0.4) is 0 Å². The van der Waals surface area contributed by atoms with Gasteiger partial charge in [0.15, 0.2) is 0 Å². The molecule has 0 saturated carbocycles. The van der Waals surface area contributed by atoms with Gasteiger partial charge in [-0.2, -0.15) is 0 Å². The average Bonchev–Trinajstić information content (AvgIpc) is 2.87. The highest BCUT2D eigenvalue weighted by Gasteiger charge is 2.10. The fourth-order valence-electron chi connectivity index (χ4n) is 2.09. The van der Waals surface area contributed by atoms with E-state index >= 15 is 0 Å². The van der Waals surface area contributed by atoms with E-state index in [1.807, 2.05) is 23.1 Å². The van der Waals surface area contributed by atoms with E-state index in [2.05, 4.69) is 50.4 Å². The Bertz CT molecular complexity index is 546. The van der Waals surface area contributed by atoms with E-state index in [0.717, 1.165) is 31.7 Å². The Balaban J connectivity index is 2.00. The quantitative estimate of drug-likeness (QED) is 0.707. The molecule has 0 aliphatic rings. The van der Waals surface area contributed by atoms with Crippen molar-refractivity contribution in [1.29, 1.82) is 0 Å². The SMILES string of the molecule is CCCc1nc(CSc2ccc(C)cc2)sc1CNCC. The molecule has 2 aromatic rings. The van der Waals surface area contributed by atoms with Gasteiger partial charge in [-0.25, -0.2) is 4.98 Å². The molecule has 114 valence electrons. The van der Waals surface area contributed by atoms with Crippen LogP contribution in [0.25, 0.3) is 0 Å². The molecule has 0 bridgehead atoms. The van der Waals surface area contributed by atoms with Gasteiger partial charge in [-0.05, 0) is 32.0 Å². The fraction of sp³-hybridized carbons (Fsp3) is 0.471. The number of nitrogens with zero attached hydrogens (tertiary/aromatic N) is 1. The molecule has 0 spiro atoms. The number of aryl methyl sites for hydroxylation is 2. The molecule has 1 N–H and O–H groups in total. The van der Waals surface area contributed by atoms with Crippen molar-refractivity contribution in [3.05, 3.63) is 45.4 Å². The zero-order chi connectivity index (χ0) is 15.1. The third-order valence-corrected chi connectivity index (χ3v) is 5.53. The van der Waals surface area contributed by atoms with Crippen molar-refractivity contribution in [2.24, 2.45) is 0 Å². The summed E-state index contributed by atoms with van der Waals surface area (Å²) in [6.07, 6.45) is 2.25. The van der Waals surface area contributed by atoms with Crippen LogP contribution in [-0.2, 0) is 18.7 Å². The lowest BCUT2D eigenvalue weighted by Crippen LogP contribution is -2.11. The van der Waals surface area contributed by atoms with Crippen LogP contribution in [0.1, 0.15) is 41.4 Å². The number of nitrogens with one attached hydrogen (secondary N) is 1. The number of hydrogen-bond acceptors (Lipinski definition) is 4. The molecule has 0 amide bonds. The van der Waals surface area contributed by atoms with Crippen molar-refractivity contribution in [2.45, 2.75) is 50.8 Å². The van der Waals surface area contributed by atoms with Crippen LogP contribution in [0.15, 0.2) is 29.2 Å². The zero-order valence-corrected chi connectivity index (χ0v) is 14.7. The number of hydrogen-bond donors (Lipinski definition) is 1. The Hall–Kier alpha value is -0.840. The number of rotatable bonds is 8. The minimum atomic E-state index is 0.957. The maximum absolute atomic E-state index is 4.84. The largest absolute Gasteiger partial charge is 0.312 e. The first-order chi connectivity index (χ1) is 10.2. The monoisotopic (exact) mass is 320 g/mol. The standard InChI is InChI=1S/C17H24N2S2/c1-4-6-15-16(11-18-5-2)21-17(19-15)12-20-14-9-7-13(3)8-10-14/h7-10,18H,4-6,11-12H2,1-3H3. The molecule has 21 heavy (non-hydrogen) atoms. The Kier molecular flexibility index (Phi) is 6.74. The molecule has 1 heterocycles. The normalized spacial score (nSPS) is 11.0. The summed E-state index contributed by atoms with van der Waals surface area (Å²) < 4.78 is 0. The predicted molar refractivity (Wildman–Crippen MR) is 94.2 cm³/mol. The summed E-state index contributed by atoms with van der Waals surface area (Å²) in [5.74, 6) is 0.969. The lowest BCUT2D eigenvalue weighted by molar-refractivity contribution is 0.723. The maximum atomic E-state index is 4.84. The van der Waals surface area contributed by atoms with Crippen molar-refractivity contribution in [3.8, 4) is 0 Å². The second kappa shape index (κ2) is 8.57. The molecular formula is C17H24N2S2. The first kappa shape index (κ1) is 16.5. The first-order valence-corrected chi connectivity index (χ1v) is 9.40. The van der Waals surface area contributed by atoms with Crippen molar-refractivity contribution < 1.29 is 0 Å². The molecule has 2 nitrogen and oxygen atoms in total. The lowest BCUT2D eigenvalue weighted by Gasteiger charge is -2.00. The van der Waals surface area contributed by atoms with Crippen LogP contribution < -0.4 is 5.32 Å². The van der Waals surface area contributed by atoms with E-state index in [1.54, 1.807) is 0 Å². The average molecular weight is 321 g/mol. The second-order valence-electron chi connectivity index (χ2n) is 5.11. The molecular weight excluding hydrogens is 296 g/mol. The molecule has 0 atom stereocenters. The third-order valence-electron chi connectivity index (χ3n) is 3.23. The van der Waals surface area contributed by atoms with E-state index < -0.39 is 0 Å². The van der Waals surface area contributed by atoms with Crippen molar-refractivity contribution in [1.82, 2.24) is 10.3 Å². The first-order valence-electron chi connectivity index (χ1n) is 7.60. The lowest BCUT2D eigenvalue weighted by atomic mass is 10.2. The second-order valence-corrected chi connectivity index (χ2v) is 7.33. The molecule has 0 fully saturated rings. The number of thioether (sulfide) groups is 1. The fourth-order valence-corrected chi connectivity index (χ4v) is 4.06. The van der Waals surface area contributed by atoms with Gasteiger partial charge in [-0.15, -0.1) is 23.1 Å². The third kappa shape index (κ3) is 5.13. The van der Waals surface area contributed by atoms with E-state index in [0.29, 0.717) is 0 Å². The molecule has 0 aliphatic heterocycles. The van der Waals surface area contributed by atoms with Gasteiger partial charge in [0.1, 0.15) is 5.01 Å². The summed E-state index contributed by atoms with van der Waals surface area (Å²) in [5.41, 5.74) is 2.61. The van der Waals surface area contributed by atoms with Gasteiger partial charge in [0.25, 0.3) is 0 Å². The molecule has 0 unspecified atom stereocenters. The van der Waals surface area contributed by atoms with Gasteiger partial charge >= 0.3 is 0 Å². The van der Waals surface area contributed by atoms with Gasteiger partial charge < -0.3 is 5.32 Å². The van der Waals surface area contributed by atoms with E-state index in [9.17, 15) is 0 Å². The highest BCUT2D eigenvalue weighted by atomic mass is 32.2. The van der Waals surface area contributed by atoms with Crippen molar-refractivity contribution in [3.63, 3.8) is 0 Å². The molecule has 1 aromatic heterocycles. The van der Waals surface area contributed by atoms with Crippen LogP contribution in [0.2, 0.25) is 0 Å². The van der Waals surface area contributed by atoms with E-state index in [1.165, 1.54) is 26.0 Å². The Labute approximate surface area is 136 Å². The van der Waals surface area contributed by atoms with Crippen LogP contribution in [-0.4, -0.2) is 11.5 Å². The topological polar surface area (TPSA) is 24.9 Å². The maximum Gasteiger partial charge on any atom is 0.103 e. The highest BCUT2D eigenvalue weighted by Crippen LogP contribution is 2.27. The van der Waals surface area contributed by atoms with Crippen LogP contribution >= 0.6 is 23.1 Å². The summed E-state index contributed by atoms with van der Waals surface area (Å²) in [7, 11) is 0. The Morgan fingerprint density at radius 3 is 2.62 bits per heavy atom. The molecule has 4 heteroatoms. The molecule has 2 rings (SSSR count). The Morgan fingerprint density at radius 1 is 1.19 bits per heavy atom. The predicted octanol–water partition coefficient (Wildman–Crippen LogP) is 4.81. The van der Waals surface area contributed by atoms with Gasteiger partial charge in [0.05, 0.1) is 11.4 Å². The van der Waals surface area contributed by atoms with Crippen LogP contribution in [0.5, 0.6) is 0 Å². The van der Waals surface area contributed by atoms with E-state index in [4.69, 9.17) is 4.98 Å². The van der Waals surface area contributed by atoms with Crippen LogP contribution in [0.4, 0.5) is 0 Å². The summed E-state index contributed by atoms with van der Waals surface area (Å²) >= 11 is 3.74. The van der Waals surface area contributed by atoms with Gasteiger partial charge in [0, 0.05) is 16.3 Å². The van der Waals surface area contributed by atoms with E-state index in [-0.39, 0.29) is 0 Å². The minimum Gasteiger partial charge on any atom is -0.312 e. The minimum absolute atomic E-state index is 0.957. The summed E-state index contributed by atoms with van der Waals surface area (Å²) in [6, 6.07) is 8.73. The molecule has 0 saturated heterocycles. The van der Waals surface area contributed by atoms with Gasteiger partial charge in [-0.3, -0.25) is 0 Å². The summed E-state index contributed by atoms with van der Waals surface area (Å²) in [6.45, 7) is 8.46. The van der Waals surface area contributed by atoms with Gasteiger partial charge in [0.2, 0.25) is 0 Å². The summed E-state index contributed by atoms with van der Waals surface area (Å²) in [5, 5.41) is 4.67. The molecule has 0 aliphatic carbocycles. The van der Waals surface area contributed by atoms with Crippen molar-refractivity contribution in [2.75, 3.05) is 6.54 Å². The highest BCUT2D eigenvalue weighted by molar-refractivity contribution is 7.98. The summed E-state index contributed by atoms with van der Waals surface area (Å²) in [4.78, 5) is 7.58. The van der Waals surface area contributed by atoms with Gasteiger partial charge in [-0.1, -0.05) is 38.0 Å². The van der Waals surface area contributed by atoms with Crippen molar-refractivity contribution >= 4 is 23.1 Å². The number of benzene rings is 1. The Morgan fingerprint density at radius 2 is 1.95 bits per heavy atom. The molecule has 1 aromatic carbocycles. The smallest absolute Gasteiger partial charge is 0.103 e. The zero-order valence-electron chi connectivity index (χ0n) is 13.1. The number of aromatic nitrogens is 1. The van der Waals surface area contributed by atoms with Crippen LogP contribution in [0, 0.1) is 6.92 Å².